The molecule has 134 valence electrons. The van der Waals surface area contributed by atoms with Crippen molar-refractivity contribution in [3.05, 3.63) is 47.8 Å². The van der Waals surface area contributed by atoms with E-state index >= 15 is 0 Å². The maximum atomic E-state index is 13.7. The summed E-state index contributed by atoms with van der Waals surface area (Å²) < 4.78 is 1.71. The highest BCUT2D eigenvalue weighted by Gasteiger charge is 2.30. The van der Waals surface area contributed by atoms with Crippen LogP contribution in [0.25, 0.3) is 11.0 Å². The molecule has 6 nitrogen and oxygen atoms in total. The number of aromatic nitrogens is 3. The first-order valence-corrected chi connectivity index (χ1v) is 8.90. The van der Waals surface area contributed by atoms with Gasteiger partial charge in [0.2, 0.25) is 0 Å². The van der Waals surface area contributed by atoms with E-state index in [4.69, 9.17) is 0 Å². The summed E-state index contributed by atoms with van der Waals surface area (Å²) >= 11 is 0. The Kier molecular flexibility index (Phi) is 3.90. The summed E-state index contributed by atoms with van der Waals surface area (Å²) in [5.74, 6) is 0.00347. The number of carbonyl (C=O) groups is 1. The molecular weight excluding hydrogens is 326 g/mol. The van der Waals surface area contributed by atoms with E-state index in [9.17, 15) is 4.79 Å². The van der Waals surface area contributed by atoms with Gasteiger partial charge in [0.05, 0.1) is 28.5 Å². The van der Waals surface area contributed by atoms with Crippen LogP contribution >= 0.6 is 0 Å². The van der Waals surface area contributed by atoms with Gasteiger partial charge in [-0.2, -0.15) is 5.10 Å². The lowest BCUT2D eigenvalue weighted by atomic mass is 10.1. The molecule has 2 aromatic heterocycles. The molecule has 0 aliphatic carbocycles. The molecule has 0 N–H and O–H groups in total. The van der Waals surface area contributed by atoms with Crippen molar-refractivity contribution in [2.24, 2.45) is 7.05 Å². The van der Waals surface area contributed by atoms with Crippen LogP contribution in [0.1, 0.15) is 29.4 Å². The Hall–Kier alpha value is -2.89. The summed E-state index contributed by atoms with van der Waals surface area (Å²) in [7, 11) is 3.93. The molecule has 26 heavy (non-hydrogen) atoms. The molecule has 3 aromatic rings. The van der Waals surface area contributed by atoms with E-state index in [-0.39, 0.29) is 11.9 Å². The van der Waals surface area contributed by atoms with E-state index in [1.165, 1.54) is 0 Å². The summed E-state index contributed by atoms with van der Waals surface area (Å²) in [4.78, 5) is 22.3. The first-order chi connectivity index (χ1) is 12.5. The van der Waals surface area contributed by atoms with E-state index in [0.29, 0.717) is 5.56 Å². The fourth-order valence-electron chi connectivity index (χ4n) is 3.71. The lowest BCUT2D eigenvalue weighted by Gasteiger charge is -2.29. The summed E-state index contributed by atoms with van der Waals surface area (Å²) in [5.41, 5.74) is 4.25. The number of hydrogen-bond acceptors (Lipinski definition) is 4. The third-order valence-corrected chi connectivity index (χ3v) is 5.16. The highest BCUT2D eigenvalue weighted by molar-refractivity contribution is 6.14. The number of para-hydroxylation sites is 2. The zero-order valence-corrected chi connectivity index (χ0v) is 15.6. The number of rotatable bonds is 1. The van der Waals surface area contributed by atoms with Gasteiger partial charge in [-0.05, 0) is 38.5 Å². The Balaban J connectivity index is 1.89. The smallest absolute Gasteiger partial charge is 0.259 e. The van der Waals surface area contributed by atoms with Gasteiger partial charge in [-0.15, -0.1) is 0 Å². The minimum atomic E-state index is 0.00347. The molecule has 0 saturated heterocycles. The number of nitrogens with zero attached hydrogens (tertiary/aromatic N) is 5. The molecule has 0 saturated carbocycles. The number of carbonyl (C=O) groups excluding carboxylic acids is 1. The van der Waals surface area contributed by atoms with Gasteiger partial charge in [0.1, 0.15) is 0 Å². The fraction of sp³-hybridized carbons (Fsp3) is 0.350. The van der Waals surface area contributed by atoms with Crippen LogP contribution in [0.15, 0.2) is 36.5 Å². The topological polar surface area (TPSA) is 54.3 Å². The first kappa shape index (κ1) is 16.6. The van der Waals surface area contributed by atoms with Gasteiger partial charge in [-0.25, -0.2) is 4.98 Å². The van der Waals surface area contributed by atoms with Gasteiger partial charge >= 0.3 is 0 Å². The standard InChI is InChI=1S/C20H23N5O/c1-13-11-15(16-12-21-24(4)19(16)22-13)20(26)25-14(2)9-10-23(3)17-7-5-6-8-18(17)25/h5-8,11-12,14H,9-10H2,1-4H3/t14-/m1/s1. The van der Waals surface area contributed by atoms with Crippen molar-refractivity contribution in [2.75, 3.05) is 23.4 Å². The highest BCUT2D eigenvalue weighted by atomic mass is 16.2. The molecule has 1 aliphatic heterocycles. The maximum absolute atomic E-state index is 13.7. The highest BCUT2D eigenvalue weighted by Crippen LogP contribution is 2.35. The van der Waals surface area contributed by atoms with Crippen molar-refractivity contribution in [3.8, 4) is 0 Å². The minimum absolute atomic E-state index is 0.00347. The Morgan fingerprint density at radius 2 is 1.92 bits per heavy atom. The second kappa shape index (κ2) is 6.12. The predicted octanol–water partition coefficient (Wildman–Crippen LogP) is 3.15. The van der Waals surface area contributed by atoms with E-state index < -0.39 is 0 Å². The van der Waals surface area contributed by atoms with Crippen molar-refractivity contribution in [3.63, 3.8) is 0 Å². The number of anilines is 2. The molecule has 0 radical (unpaired) electrons. The Bertz CT molecular complexity index is 993. The molecule has 0 unspecified atom stereocenters. The largest absolute Gasteiger partial charge is 0.373 e. The van der Waals surface area contributed by atoms with Crippen LogP contribution in [0.5, 0.6) is 0 Å². The van der Waals surface area contributed by atoms with E-state index in [2.05, 4.69) is 35.0 Å². The van der Waals surface area contributed by atoms with Gasteiger partial charge in [-0.1, -0.05) is 12.1 Å². The van der Waals surface area contributed by atoms with Crippen molar-refractivity contribution >= 4 is 28.3 Å². The molecule has 0 fully saturated rings. The van der Waals surface area contributed by atoms with Gasteiger partial charge in [0.25, 0.3) is 5.91 Å². The van der Waals surface area contributed by atoms with Gasteiger partial charge in [0, 0.05) is 32.4 Å². The molecule has 1 atom stereocenters. The molecule has 1 amide bonds. The quantitative estimate of drug-likeness (QED) is 0.677. The summed E-state index contributed by atoms with van der Waals surface area (Å²) in [6, 6.07) is 10.1. The number of benzene rings is 1. The molecule has 6 heteroatoms. The van der Waals surface area contributed by atoms with Crippen LogP contribution in [0.2, 0.25) is 0 Å². The van der Waals surface area contributed by atoms with Crippen LogP contribution in [-0.2, 0) is 7.05 Å². The minimum Gasteiger partial charge on any atom is -0.373 e. The van der Waals surface area contributed by atoms with Crippen LogP contribution in [0.4, 0.5) is 11.4 Å². The molecule has 0 spiro atoms. The normalized spacial score (nSPS) is 17.3. The lowest BCUT2D eigenvalue weighted by Crippen LogP contribution is -2.38. The number of fused-ring (bicyclic) bond motifs is 2. The van der Waals surface area contributed by atoms with Crippen LogP contribution in [-0.4, -0.2) is 40.3 Å². The third-order valence-electron chi connectivity index (χ3n) is 5.16. The van der Waals surface area contributed by atoms with Crippen LogP contribution in [0.3, 0.4) is 0 Å². The number of pyridine rings is 1. The van der Waals surface area contributed by atoms with E-state index in [0.717, 1.165) is 41.1 Å². The number of aryl methyl sites for hydroxylation is 2. The van der Waals surface area contributed by atoms with Crippen LogP contribution in [0, 0.1) is 6.92 Å². The van der Waals surface area contributed by atoms with E-state index in [1.54, 1.807) is 10.9 Å². The molecule has 1 aliphatic rings. The van der Waals surface area contributed by atoms with Crippen molar-refractivity contribution in [1.82, 2.24) is 14.8 Å². The molecule has 3 heterocycles. The SMILES string of the molecule is Cc1cc(C(=O)N2c3ccccc3N(C)CC[C@H]2C)c2cnn(C)c2n1. The third kappa shape index (κ3) is 2.53. The van der Waals surface area contributed by atoms with Crippen molar-refractivity contribution in [2.45, 2.75) is 26.3 Å². The molecule has 1 aromatic carbocycles. The monoisotopic (exact) mass is 349 g/mol. The van der Waals surface area contributed by atoms with Crippen molar-refractivity contribution in [1.29, 1.82) is 0 Å². The average molecular weight is 349 g/mol. The van der Waals surface area contributed by atoms with Gasteiger partial charge in [-0.3, -0.25) is 9.48 Å². The second-order valence-corrected chi connectivity index (χ2v) is 7.04. The molecule has 0 bridgehead atoms. The molecule has 4 rings (SSSR count). The van der Waals surface area contributed by atoms with Gasteiger partial charge in [0.15, 0.2) is 5.65 Å². The Morgan fingerprint density at radius 1 is 1.19 bits per heavy atom. The number of hydrogen-bond donors (Lipinski definition) is 0. The second-order valence-electron chi connectivity index (χ2n) is 7.04. The Labute approximate surface area is 153 Å². The summed E-state index contributed by atoms with van der Waals surface area (Å²) in [6.45, 7) is 4.94. The number of amides is 1. The average Bonchev–Trinajstić information content (AvgIpc) is 2.94. The molecular formula is C20H23N5O. The fourth-order valence-corrected chi connectivity index (χ4v) is 3.71. The zero-order valence-electron chi connectivity index (χ0n) is 15.6. The Morgan fingerprint density at radius 3 is 2.69 bits per heavy atom. The van der Waals surface area contributed by atoms with Crippen LogP contribution < -0.4 is 9.80 Å². The van der Waals surface area contributed by atoms with Crippen molar-refractivity contribution < 1.29 is 4.79 Å². The first-order valence-electron chi connectivity index (χ1n) is 8.90. The summed E-state index contributed by atoms with van der Waals surface area (Å²) in [5, 5.41) is 5.09. The predicted molar refractivity (Wildman–Crippen MR) is 104 cm³/mol. The lowest BCUT2D eigenvalue weighted by molar-refractivity contribution is 0.0979. The zero-order chi connectivity index (χ0) is 18.4. The maximum Gasteiger partial charge on any atom is 0.259 e. The summed E-state index contributed by atoms with van der Waals surface area (Å²) in [6.07, 6.45) is 2.65. The van der Waals surface area contributed by atoms with Gasteiger partial charge < -0.3 is 9.80 Å². The van der Waals surface area contributed by atoms with E-state index in [1.807, 2.05) is 43.1 Å².